The number of likely N-dealkylation sites (tertiary alicyclic amines) is 2. The van der Waals surface area contributed by atoms with Gasteiger partial charge in [0.2, 0.25) is 5.91 Å². The molecule has 2 heterocycles. The molecular weight excluding hydrogens is 342 g/mol. The lowest BCUT2D eigenvalue weighted by Gasteiger charge is -2.42. The van der Waals surface area contributed by atoms with Gasteiger partial charge in [-0.1, -0.05) is 18.2 Å². The molecule has 0 aliphatic carbocycles. The minimum absolute atomic E-state index is 0.0691. The summed E-state index contributed by atoms with van der Waals surface area (Å²) in [6.45, 7) is 4.59. The topological polar surface area (TPSA) is 61.9 Å². The van der Waals surface area contributed by atoms with E-state index in [1.165, 1.54) is 0 Å². The highest BCUT2D eigenvalue weighted by atomic mass is 16.5. The van der Waals surface area contributed by atoms with Crippen molar-refractivity contribution in [3.63, 3.8) is 0 Å². The second-order valence-electron chi connectivity index (χ2n) is 7.51. The summed E-state index contributed by atoms with van der Waals surface area (Å²) in [5.41, 5.74) is 0.765. The second-order valence-corrected chi connectivity index (χ2v) is 7.51. The smallest absolute Gasteiger partial charge is 0.253 e. The van der Waals surface area contributed by atoms with Crippen molar-refractivity contribution in [2.45, 2.75) is 31.7 Å². The molecule has 6 nitrogen and oxygen atoms in total. The molecule has 1 aromatic rings. The molecule has 0 spiro atoms. The standard InChI is InChI=1S/C21H31N3O3/c1-27-15-11-22-20(25)18-8-5-12-24(16-18)19-9-13-23(14-10-19)21(26)17-6-3-2-4-7-17/h2-4,6-7,18-19H,5,8-16H2,1H3,(H,22,25)/t18-/m1/s1. The zero-order valence-electron chi connectivity index (χ0n) is 16.2. The lowest BCUT2D eigenvalue weighted by Crippen LogP contribution is -2.51. The van der Waals surface area contributed by atoms with Gasteiger partial charge in [-0.05, 0) is 44.4 Å². The van der Waals surface area contributed by atoms with E-state index in [0.717, 1.165) is 57.4 Å². The van der Waals surface area contributed by atoms with E-state index in [1.54, 1.807) is 7.11 Å². The van der Waals surface area contributed by atoms with E-state index in [1.807, 2.05) is 35.2 Å². The van der Waals surface area contributed by atoms with Crippen molar-refractivity contribution < 1.29 is 14.3 Å². The normalized spacial score (nSPS) is 21.8. The number of amides is 2. The summed E-state index contributed by atoms with van der Waals surface area (Å²) in [5.74, 6) is 0.344. The molecule has 2 amide bonds. The Kier molecular flexibility index (Phi) is 7.24. The number of hydrogen-bond acceptors (Lipinski definition) is 4. The van der Waals surface area contributed by atoms with Crippen LogP contribution in [0.15, 0.2) is 30.3 Å². The van der Waals surface area contributed by atoms with E-state index in [4.69, 9.17) is 4.74 Å². The highest BCUT2D eigenvalue weighted by Gasteiger charge is 2.32. The van der Waals surface area contributed by atoms with Gasteiger partial charge in [0.25, 0.3) is 5.91 Å². The number of carbonyl (C=O) groups is 2. The highest BCUT2D eigenvalue weighted by molar-refractivity contribution is 5.94. The Balaban J connectivity index is 1.47. The molecule has 2 aliphatic heterocycles. The third-order valence-electron chi connectivity index (χ3n) is 5.72. The summed E-state index contributed by atoms with van der Waals surface area (Å²) in [4.78, 5) is 29.4. The first-order valence-electron chi connectivity index (χ1n) is 10.0. The predicted molar refractivity (Wildman–Crippen MR) is 105 cm³/mol. The number of rotatable bonds is 6. The van der Waals surface area contributed by atoms with Crippen LogP contribution in [0.1, 0.15) is 36.0 Å². The Morgan fingerprint density at radius 2 is 1.85 bits per heavy atom. The van der Waals surface area contributed by atoms with Crippen molar-refractivity contribution in [1.82, 2.24) is 15.1 Å². The molecule has 1 atom stereocenters. The van der Waals surface area contributed by atoms with Crippen molar-refractivity contribution in [3.05, 3.63) is 35.9 Å². The first-order chi connectivity index (χ1) is 13.2. The fraction of sp³-hybridized carbons (Fsp3) is 0.619. The quantitative estimate of drug-likeness (QED) is 0.772. The minimum Gasteiger partial charge on any atom is -0.383 e. The molecule has 2 aliphatic rings. The minimum atomic E-state index is 0.0691. The third kappa shape index (κ3) is 5.30. The van der Waals surface area contributed by atoms with Gasteiger partial charge in [0, 0.05) is 44.9 Å². The van der Waals surface area contributed by atoms with Crippen LogP contribution in [0, 0.1) is 5.92 Å². The summed E-state index contributed by atoms with van der Waals surface area (Å²) < 4.78 is 5.00. The highest BCUT2D eigenvalue weighted by Crippen LogP contribution is 2.24. The summed E-state index contributed by atoms with van der Waals surface area (Å²) in [6.07, 6.45) is 3.99. The molecule has 1 N–H and O–H groups in total. The Morgan fingerprint density at radius 1 is 1.11 bits per heavy atom. The molecular formula is C21H31N3O3. The van der Waals surface area contributed by atoms with Crippen LogP contribution in [0.2, 0.25) is 0 Å². The summed E-state index contributed by atoms with van der Waals surface area (Å²) >= 11 is 0. The van der Waals surface area contributed by atoms with E-state index >= 15 is 0 Å². The van der Waals surface area contributed by atoms with Crippen molar-refractivity contribution in [2.24, 2.45) is 5.92 Å². The Bertz CT molecular complexity index is 614. The monoisotopic (exact) mass is 373 g/mol. The Morgan fingerprint density at radius 3 is 2.56 bits per heavy atom. The number of hydrogen-bond donors (Lipinski definition) is 1. The fourth-order valence-corrected chi connectivity index (χ4v) is 4.17. The zero-order valence-corrected chi connectivity index (χ0v) is 16.2. The van der Waals surface area contributed by atoms with Crippen molar-refractivity contribution in [2.75, 3.05) is 46.4 Å². The first kappa shape index (κ1) is 19.8. The third-order valence-corrected chi connectivity index (χ3v) is 5.72. The van der Waals surface area contributed by atoms with Crippen molar-refractivity contribution in [3.8, 4) is 0 Å². The lowest BCUT2D eigenvalue weighted by atomic mass is 9.93. The zero-order chi connectivity index (χ0) is 19.1. The van der Waals surface area contributed by atoms with Crippen LogP contribution in [0.4, 0.5) is 0 Å². The maximum Gasteiger partial charge on any atom is 0.253 e. The van der Waals surface area contributed by atoms with Gasteiger partial charge in [0.1, 0.15) is 0 Å². The summed E-state index contributed by atoms with van der Waals surface area (Å²) in [6, 6.07) is 9.98. The molecule has 2 saturated heterocycles. The lowest BCUT2D eigenvalue weighted by molar-refractivity contribution is -0.127. The molecule has 3 rings (SSSR count). The van der Waals surface area contributed by atoms with E-state index in [0.29, 0.717) is 19.2 Å². The van der Waals surface area contributed by atoms with Gasteiger partial charge in [-0.3, -0.25) is 14.5 Å². The SMILES string of the molecule is COCCNC(=O)[C@@H]1CCCN(C2CCN(C(=O)c3ccccc3)CC2)C1. The average Bonchev–Trinajstić information content (AvgIpc) is 2.74. The molecule has 0 radical (unpaired) electrons. The molecule has 0 saturated carbocycles. The Labute approximate surface area is 161 Å². The molecule has 2 fully saturated rings. The van der Waals surface area contributed by atoms with E-state index in [-0.39, 0.29) is 17.7 Å². The number of ether oxygens (including phenoxy) is 1. The maximum absolute atomic E-state index is 12.6. The fourth-order valence-electron chi connectivity index (χ4n) is 4.17. The number of benzene rings is 1. The van der Waals surface area contributed by atoms with Crippen LogP contribution >= 0.6 is 0 Å². The molecule has 148 valence electrons. The van der Waals surface area contributed by atoms with Gasteiger partial charge in [0.05, 0.1) is 12.5 Å². The van der Waals surface area contributed by atoms with Crippen molar-refractivity contribution in [1.29, 1.82) is 0 Å². The van der Waals surface area contributed by atoms with E-state index < -0.39 is 0 Å². The van der Waals surface area contributed by atoms with Gasteiger partial charge in [0.15, 0.2) is 0 Å². The molecule has 0 unspecified atom stereocenters. The molecule has 0 bridgehead atoms. The van der Waals surface area contributed by atoms with Crippen LogP contribution in [0.25, 0.3) is 0 Å². The van der Waals surface area contributed by atoms with Gasteiger partial charge in [-0.25, -0.2) is 0 Å². The Hall–Kier alpha value is -1.92. The van der Waals surface area contributed by atoms with Gasteiger partial charge in [-0.15, -0.1) is 0 Å². The second kappa shape index (κ2) is 9.85. The van der Waals surface area contributed by atoms with E-state index in [2.05, 4.69) is 10.2 Å². The molecule has 27 heavy (non-hydrogen) atoms. The van der Waals surface area contributed by atoms with Gasteiger partial charge >= 0.3 is 0 Å². The average molecular weight is 373 g/mol. The van der Waals surface area contributed by atoms with Crippen molar-refractivity contribution >= 4 is 11.8 Å². The summed E-state index contributed by atoms with van der Waals surface area (Å²) in [5, 5.41) is 2.97. The predicted octanol–water partition coefficient (Wildman–Crippen LogP) is 1.77. The van der Waals surface area contributed by atoms with E-state index in [9.17, 15) is 9.59 Å². The number of nitrogens with zero attached hydrogens (tertiary/aromatic N) is 2. The number of methoxy groups -OCH3 is 1. The van der Waals surface area contributed by atoms with Crippen LogP contribution in [0.5, 0.6) is 0 Å². The maximum atomic E-state index is 12.6. The van der Waals surface area contributed by atoms with Gasteiger partial charge in [-0.2, -0.15) is 0 Å². The van der Waals surface area contributed by atoms with Crippen LogP contribution in [0.3, 0.4) is 0 Å². The van der Waals surface area contributed by atoms with Crippen LogP contribution in [-0.4, -0.2) is 74.1 Å². The first-order valence-corrected chi connectivity index (χ1v) is 10.0. The number of nitrogens with one attached hydrogen (secondary N) is 1. The molecule has 1 aromatic carbocycles. The number of carbonyl (C=O) groups excluding carboxylic acids is 2. The molecule has 0 aromatic heterocycles. The molecule has 6 heteroatoms. The van der Waals surface area contributed by atoms with Crippen LogP contribution < -0.4 is 5.32 Å². The van der Waals surface area contributed by atoms with Crippen LogP contribution in [-0.2, 0) is 9.53 Å². The largest absolute Gasteiger partial charge is 0.383 e. The number of piperidine rings is 2. The summed E-state index contributed by atoms with van der Waals surface area (Å²) in [7, 11) is 1.64. The van der Waals surface area contributed by atoms with Gasteiger partial charge < -0.3 is 15.0 Å².